The van der Waals surface area contributed by atoms with Gasteiger partial charge in [-0.05, 0) is 38.1 Å². The highest BCUT2D eigenvalue weighted by Gasteiger charge is 2.15. The summed E-state index contributed by atoms with van der Waals surface area (Å²) in [4.78, 5) is 0.196. The molecule has 5 nitrogen and oxygen atoms in total. The van der Waals surface area contributed by atoms with Crippen molar-refractivity contribution in [1.29, 1.82) is 0 Å². The number of nitrogens with one attached hydrogen (secondary N) is 1. The number of rotatable bonds is 5. The van der Waals surface area contributed by atoms with Crippen LogP contribution in [0.4, 0.5) is 11.4 Å². The highest BCUT2D eigenvalue weighted by molar-refractivity contribution is 7.92. The second kappa shape index (κ2) is 6.05. The molecule has 0 aliphatic carbocycles. The third kappa shape index (κ3) is 3.66. The molecule has 0 unspecified atom stereocenters. The first kappa shape index (κ1) is 15.2. The van der Waals surface area contributed by atoms with E-state index in [2.05, 4.69) is 4.72 Å². The van der Waals surface area contributed by atoms with Crippen LogP contribution in [0.5, 0.6) is 5.75 Å². The summed E-state index contributed by atoms with van der Waals surface area (Å²) < 4.78 is 32.4. The summed E-state index contributed by atoms with van der Waals surface area (Å²) in [5, 5.41) is 0. The maximum Gasteiger partial charge on any atom is 0.261 e. The lowest BCUT2D eigenvalue weighted by Crippen LogP contribution is -2.14. The van der Waals surface area contributed by atoms with Crippen LogP contribution in [0.1, 0.15) is 12.5 Å². The zero-order valence-electron chi connectivity index (χ0n) is 12.0. The molecule has 0 fully saturated rings. The smallest absolute Gasteiger partial charge is 0.261 e. The first-order valence-electron chi connectivity index (χ1n) is 6.54. The standard InChI is InChI=1S/C15H18N2O3S/c1-3-20-12-6-9-15(14(16)10-12)17-21(18,19)13-7-4-11(2)5-8-13/h4-10,17H,3,16H2,1-2H3. The molecule has 2 aromatic rings. The molecule has 0 aromatic heterocycles. The molecule has 0 heterocycles. The van der Waals surface area contributed by atoms with Crippen molar-refractivity contribution in [3.63, 3.8) is 0 Å². The molecular formula is C15H18N2O3S. The van der Waals surface area contributed by atoms with E-state index in [-0.39, 0.29) is 4.90 Å². The number of hydrogen-bond acceptors (Lipinski definition) is 4. The van der Waals surface area contributed by atoms with Gasteiger partial charge >= 0.3 is 0 Å². The SMILES string of the molecule is CCOc1ccc(NS(=O)(=O)c2ccc(C)cc2)c(N)c1. The van der Waals surface area contributed by atoms with Gasteiger partial charge in [-0.15, -0.1) is 0 Å². The molecule has 0 amide bonds. The normalized spacial score (nSPS) is 11.1. The van der Waals surface area contributed by atoms with E-state index in [4.69, 9.17) is 10.5 Å². The van der Waals surface area contributed by atoms with Crippen molar-refractivity contribution in [1.82, 2.24) is 0 Å². The number of sulfonamides is 1. The van der Waals surface area contributed by atoms with Gasteiger partial charge in [-0.1, -0.05) is 17.7 Å². The topological polar surface area (TPSA) is 81.4 Å². The van der Waals surface area contributed by atoms with E-state index < -0.39 is 10.0 Å². The predicted octanol–water partition coefficient (Wildman–Crippen LogP) is 2.78. The quantitative estimate of drug-likeness (QED) is 0.832. The Hall–Kier alpha value is -2.21. The summed E-state index contributed by atoms with van der Waals surface area (Å²) in [6.45, 7) is 4.28. The van der Waals surface area contributed by atoms with Gasteiger partial charge in [-0.3, -0.25) is 4.72 Å². The molecule has 21 heavy (non-hydrogen) atoms. The van der Waals surface area contributed by atoms with Gasteiger partial charge in [-0.2, -0.15) is 0 Å². The molecule has 0 saturated carbocycles. The lowest BCUT2D eigenvalue weighted by molar-refractivity contribution is 0.340. The van der Waals surface area contributed by atoms with Gasteiger partial charge in [0.2, 0.25) is 0 Å². The Kier molecular flexibility index (Phi) is 4.37. The van der Waals surface area contributed by atoms with Crippen molar-refractivity contribution >= 4 is 21.4 Å². The van der Waals surface area contributed by atoms with Gasteiger partial charge in [0.05, 0.1) is 22.9 Å². The van der Waals surface area contributed by atoms with Crippen LogP contribution < -0.4 is 15.2 Å². The molecule has 0 radical (unpaired) electrons. The van der Waals surface area contributed by atoms with Crippen LogP contribution in [-0.4, -0.2) is 15.0 Å². The van der Waals surface area contributed by atoms with E-state index in [1.54, 1.807) is 42.5 Å². The van der Waals surface area contributed by atoms with Gasteiger partial charge in [0, 0.05) is 6.07 Å². The highest BCUT2D eigenvalue weighted by Crippen LogP contribution is 2.26. The van der Waals surface area contributed by atoms with Gasteiger partial charge in [0.1, 0.15) is 5.75 Å². The maximum absolute atomic E-state index is 12.3. The molecule has 0 aliphatic rings. The number of aryl methyl sites for hydroxylation is 1. The van der Waals surface area contributed by atoms with Crippen LogP contribution >= 0.6 is 0 Å². The zero-order chi connectivity index (χ0) is 15.5. The number of nitrogens with two attached hydrogens (primary N) is 1. The van der Waals surface area contributed by atoms with E-state index in [0.29, 0.717) is 23.7 Å². The summed E-state index contributed by atoms with van der Waals surface area (Å²) in [5.41, 5.74) is 7.50. The average molecular weight is 306 g/mol. The van der Waals surface area contributed by atoms with Crippen molar-refractivity contribution in [2.75, 3.05) is 17.1 Å². The maximum atomic E-state index is 12.3. The molecule has 112 valence electrons. The van der Waals surface area contributed by atoms with Crippen molar-refractivity contribution < 1.29 is 13.2 Å². The third-order valence-electron chi connectivity index (χ3n) is 2.91. The molecule has 0 spiro atoms. The molecule has 0 aliphatic heterocycles. The van der Waals surface area contributed by atoms with E-state index in [1.807, 2.05) is 13.8 Å². The van der Waals surface area contributed by atoms with E-state index in [1.165, 1.54) is 0 Å². The van der Waals surface area contributed by atoms with Crippen molar-refractivity contribution in [3.8, 4) is 5.75 Å². The number of ether oxygens (including phenoxy) is 1. The molecule has 0 saturated heterocycles. The fraction of sp³-hybridized carbons (Fsp3) is 0.200. The Morgan fingerprint density at radius 2 is 1.81 bits per heavy atom. The summed E-state index contributed by atoms with van der Waals surface area (Å²) in [5.74, 6) is 0.605. The fourth-order valence-corrected chi connectivity index (χ4v) is 2.90. The summed E-state index contributed by atoms with van der Waals surface area (Å²) in [6.07, 6.45) is 0. The molecule has 0 atom stereocenters. The van der Waals surface area contributed by atoms with Crippen molar-refractivity contribution in [3.05, 3.63) is 48.0 Å². The van der Waals surface area contributed by atoms with Gasteiger partial charge in [-0.25, -0.2) is 8.42 Å². The van der Waals surface area contributed by atoms with Crippen LogP contribution in [0.15, 0.2) is 47.4 Å². The van der Waals surface area contributed by atoms with E-state index in [9.17, 15) is 8.42 Å². The monoisotopic (exact) mass is 306 g/mol. The predicted molar refractivity (Wildman–Crippen MR) is 84.0 cm³/mol. The van der Waals surface area contributed by atoms with Gasteiger partial charge in [0.25, 0.3) is 10.0 Å². The minimum absolute atomic E-state index is 0.196. The van der Waals surface area contributed by atoms with Gasteiger partial charge in [0.15, 0.2) is 0 Å². The molecule has 6 heteroatoms. The summed E-state index contributed by atoms with van der Waals surface area (Å²) in [6, 6.07) is 11.5. The highest BCUT2D eigenvalue weighted by atomic mass is 32.2. The van der Waals surface area contributed by atoms with Crippen LogP contribution in [0.25, 0.3) is 0 Å². The van der Waals surface area contributed by atoms with Crippen LogP contribution in [0, 0.1) is 6.92 Å². The average Bonchev–Trinajstić information content (AvgIpc) is 2.42. The Morgan fingerprint density at radius 1 is 1.14 bits per heavy atom. The Balaban J connectivity index is 2.26. The fourth-order valence-electron chi connectivity index (χ4n) is 1.81. The minimum Gasteiger partial charge on any atom is -0.494 e. The molecule has 2 aromatic carbocycles. The van der Waals surface area contributed by atoms with E-state index in [0.717, 1.165) is 5.56 Å². The first-order chi connectivity index (χ1) is 9.92. The number of nitrogen functional groups attached to an aromatic ring is 1. The minimum atomic E-state index is -3.65. The number of hydrogen-bond donors (Lipinski definition) is 2. The third-order valence-corrected chi connectivity index (χ3v) is 4.29. The molecular weight excluding hydrogens is 288 g/mol. The van der Waals surface area contributed by atoms with Crippen LogP contribution in [-0.2, 0) is 10.0 Å². The lowest BCUT2D eigenvalue weighted by Gasteiger charge is -2.12. The second-order valence-corrected chi connectivity index (χ2v) is 6.28. The van der Waals surface area contributed by atoms with E-state index >= 15 is 0 Å². The second-order valence-electron chi connectivity index (χ2n) is 4.60. The Labute approximate surface area is 124 Å². The van der Waals surface area contributed by atoms with Crippen LogP contribution in [0.3, 0.4) is 0 Å². The summed E-state index contributed by atoms with van der Waals surface area (Å²) >= 11 is 0. The zero-order valence-corrected chi connectivity index (χ0v) is 12.8. The first-order valence-corrected chi connectivity index (χ1v) is 8.02. The summed E-state index contributed by atoms with van der Waals surface area (Å²) in [7, 11) is -3.65. The molecule has 0 bridgehead atoms. The van der Waals surface area contributed by atoms with Gasteiger partial charge < -0.3 is 10.5 Å². The number of benzene rings is 2. The Bertz CT molecular complexity index is 725. The largest absolute Gasteiger partial charge is 0.494 e. The van der Waals surface area contributed by atoms with Crippen molar-refractivity contribution in [2.24, 2.45) is 0 Å². The lowest BCUT2D eigenvalue weighted by atomic mass is 10.2. The van der Waals surface area contributed by atoms with Crippen molar-refractivity contribution in [2.45, 2.75) is 18.7 Å². The molecule has 3 N–H and O–H groups in total. The molecule has 2 rings (SSSR count). The Morgan fingerprint density at radius 3 is 2.38 bits per heavy atom. The number of anilines is 2. The van der Waals surface area contributed by atoms with Crippen LogP contribution in [0.2, 0.25) is 0 Å².